The molecular formula is C18H19BrFN. The standard InChI is InChI=1S/C18H19BrFN/c1-12(15-6-3-5-9-18(15)20)21-14-10-13(11-14)16-7-2-4-8-17(16)19/h2-9,12-14,21H,10-11H2,1H3/t12-,13?,14?/m1/s1. The van der Waals surface area contributed by atoms with E-state index in [-0.39, 0.29) is 11.9 Å². The van der Waals surface area contributed by atoms with E-state index in [0.29, 0.717) is 12.0 Å². The van der Waals surface area contributed by atoms with Gasteiger partial charge in [0, 0.05) is 22.1 Å². The molecule has 1 fully saturated rings. The third-order valence-electron chi connectivity index (χ3n) is 4.34. The van der Waals surface area contributed by atoms with Crippen LogP contribution >= 0.6 is 15.9 Å². The Bertz CT molecular complexity index is 622. The van der Waals surface area contributed by atoms with Gasteiger partial charge < -0.3 is 5.32 Å². The molecule has 1 atom stereocenters. The molecule has 1 aliphatic carbocycles. The van der Waals surface area contributed by atoms with E-state index in [1.165, 1.54) is 16.1 Å². The van der Waals surface area contributed by atoms with Crippen molar-refractivity contribution in [3.63, 3.8) is 0 Å². The van der Waals surface area contributed by atoms with Gasteiger partial charge in [-0.2, -0.15) is 0 Å². The maximum Gasteiger partial charge on any atom is 0.127 e. The van der Waals surface area contributed by atoms with Crippen molar-refractivity contribution in [2.75, 3.05) is 0 Å². The van der Waals surface area contributed by atoms with E-state index < -0.39 is 0 Å². The van der Waals surface area contributed by atoms with Crippen LogP contribution in [0, 0.1) is 5.82 Å². The average molecular weight is 348 g/mol. The quantitative estimate of drug-likeness (QED) is 0.802. The van der Waals surface area contributed by atoms with Crippen molar-refractivity contribution in [1.29, 1.82) is 0 Å². The Hall–Kier alpha value is -1.19. The maximum absolute atomic E-state index is 13.8. The van der Waals surface area contributed by atoms with Crippen LogP contribution in [0.3, 0.4) is 0 Å². The zero-order valence-corrected chi connectivity index (χ0v) is 13.6. The molecule has 0 bridgehead atoms. The van der Waals surface area contributed by atoms with Gasteiger partial charge >= 0.3 is 0 Å². The lowest BCUT2D eigenvalue weighted by atomic mass is 9.75. The second-order valence-corrected chi connectivity index (χ2v) is 6.65. The lowest BCUT2D eigenvalue weighted by Gasteiger charge is -2.38. The van der Waals surface area contributed by atoms with Crippen LogP contribution in [0.5, 0.6) is 0 Å². The van der Waals surface area contributed by atoms with Gasteiger partial charge in [0.15, 0.2) is 0 Å². The second-order valence-electron chi connectivity index (χ2n) is 5.80. The van der Waals surface area contributed by atoms with E-state index >= 15 is 0 Å². The SMILES string of the molecule is C[C@@H](NC1CC(c2ccccc2Br)C1)c1ccccc1F. The molecule has 0 amide bonds. The van der Waals surface area contributed by atoms with Gasteiger partial charge in [-0.25, -0.2) is 4.39 Å². The van der Waals surface area contributed by atoms with Gasteiger partial charge in [-0.3, -0.25) is 0 Å². The molecule has 0 aliphatic heterocycles. The lowest BCUT2D eigenvalue weighted by Crippen LogP contribution is -2.41. The fourth-order valence-electron chi connectivity index (χ4n) is 3.08. The molecule has 0 aromatic heterocycles. The molecule has 0 radical (unpaired) electrons. The molecule has 2 aromatic rings. The fraction of sp³-hybridized carbons (Fsp3) is 0.333. The molecule has 0 saturated heterocycles. The fourth-order valence-corrected chi connectivity index (χ4v) is 3.69. The van der Waals surface area contributed by atoms with E-state index in [1.807, 2.05) is 25.1 Å². The van der Waals surface area contributed by atoms with Crippen molar-refractivity contribution >= 4 is 15.9 Å². The first-order valence-corrected chi connectivity index (χ1v) is 8.19. The van der Waals surface area contributed by atoms with Crippen LogP contribution in [0.4, 0.5) is 4.39 Å². The van der Waals surface area contributed by atoms with Crippen molar-refractivity contribution in [3.05, 3.63) is 69.9 Å². The van der Waals surface area contributed by atoms with Gasteiger partial charge in [-0.15, -0.1) is 0 Å². The monoisotopic (exact) mass is 347 g/mol. The van der Waals surface area contributed by atoms with E-state index in [2.05, 4.69) is 39.4 Å². The van der Waals surface area contributed by atoms with Gasteiger partial charge in [-0.05, 0) is 43.4 Å². The van der Waals surface area contributed by atoms with E-state index in [1.54, 1.807) is 6.07 Å². The van der Waals surface area contributed by atoms with Gasteiger partial charge in [0.05, 0.1) is 0 Å². The Morgan fingerprint density at radius 2 is 1.76 bits per heavy atom. The van der Waals surface area contributed by atoms with Crippen LogP contribution in [0.2, 0.25) is 0 Å². The minimum atomic E-state index is -0.126. The zero-order chi connectivity index (χ0) is 14.8. The minimum Gasteiger partial charge on any atom is -0.307 e. The number of nitrogens with one attached hydrogen (secondary N) is 1. The molecule has 1 N–H and O–H groups in total. The van der Waals surface area contributed by atoms with E-state index in [0.717, 1.165) is 18.4 Å². The van der Waals surface area contributed by atoms with Crippen LogP contribution < -0.4 is 5.32 Å². The summed E-state index contributed by atoms with van der Waals surface area (Å²) < 4.78 is 15.0. The maximum atomic E-state index is 13.8. The highest BCUT2D eigenvalue weighted by Gasteiger charge is 2.32. The molecule has 1 aliphatic rings. The van der Waals surface area contributed by atoms with E-state index in [9.17, 15) is 4.39 Å². The Morgan fingerprint density at radius 3 is 2.48 bits per heavy atom. The second kappa shape index (κ2) is 6.29. The Kier molecular flexibility index (Phi) is 4.41. The highest BCUT2D eigenvalue weighted by Crippen LogP contribution is 2.40. The van der Waals surface area contributed by atoms with Gasteiger partial charge in [0.1, 0.15) is 5.82 Å². The largest absolute Gasteiger partial charge is 0.307 e. The van der Waals surface area contributed by atoms with Crippen molar-refractivity contribution in [2.24, 2.45) is 0 Å². The van der Waals surface area contributed by atoms with Crippen molar-refractivity contribution in [2.45, 2.75) is 37.8 Å². The minimum absolute atomic E-state index is 0.0522. The van der Waals surface area contributed by atoms with Crippen molar-refractivity contribution in [1.82, 2.24) is 5.32 Å². The highest BCUT2D eigenvalue weighted by atomic mass is 79.9. The van der Waals surface area contributed by atoms with Gasteiger partial charge in [0.25, 0.3) is 0 Å². The molecule has 110 valence electrons. The van der Waals surface area contributed by atoms with Crippen LogP contribution in [0.25, 0.3) is 0 Å². The summed E-state index contributed by atoms with van der Waals surface area (Å²) in [4.78, 5) is 0. The zero-order valence-electron chi connectivity index (χ0n) is 12.0. The molecule has 3 heteroatoms. The number of benzene rings is 2. The smallest absolute Gasteiger partial charge is 0.127 e. The summed E-state index contributed by atoms with van der Waals surface area (Å²) in [7, 11) is 0. The summed E-state index contributed by atoms with van der Waals surface area (Å²) in [5.74, 6) is 0.477. The number of hydrogen-bond donors (Lipinski definition) is 1. The molecule has 21 heavy (non-hydrogen) atoms. The van der Waals surface area contributed by atoms with Crippen LogP contribution in [0.15, 0.2) is 53.0 Å². The van der Waals surface area contributed by atoms with E-state index in [4.69, 9.17) is 0 Å². The van der Waals surface area contributed by atoms with Crippen LogP contribution in [-0.2, 0) is 0 Å². The number of hydrogen-bond acceptors (Lipinski definition) is 1. The first-order valence-electron chi connectivity index (χ1n) is 7.40. The molecule has 0 spiro atoms. The molecular weight excluding hydrogens is 329 g/mol. The first kappa shape index (κ1) is 14.7. The average Bonchev–Trinajstić information content (AvgIpc) is 2.44. The Morgan fingerprint density at radius 1 is 1.10 bits per heavy atom. The summed E-state index contributed by atoms with van der Waals surface area (Å²) in [5.41, 5.74) is 2.14. The summed E-state index contributed by atoms with van der Waals surface area (Å²) >= 11 is 3.62. The lowest BCUT2D eigenvalue weighted by molar-refractivity contribution is 0.268. The molecule has 0 heterocycles. The van der Waals surface area contributed by atoms with Gasteiger partial charge in [-0.1, -0.05) is 52.3 Å². The molecule has 1 saturated carbocycles. The predicted molar refractivity (Wildman–Crippen MR) is 87.9 cm³/mol. The predicted octanol–water partition coefficient (Wildman–Crippen LogP) is 5.19. The molecule has 0 unspecified atom stereocenters. The molecule has 3 rings (SSSR count). The summed E-state index contributed by atoms with van der Waals surface area (Å²) in [6.07, 6.45) is 2.23. The normalized spacial score (nSPS) is 22.6. The summed E-state index contributed by atoms with van der Waals surface area (Å²) in [6, 6.07) is 15.9. The van der Waals surface area contributed by atoms with Crippen molar-refractivity contribution in [3.8, 4) is 0 Å². The summed E-state index contributed by atoms with van der Waals surface area (Å²) in [6.45, 7) is 2.03. The third-order valence-corrected chi connectivity index (χ3v) is 5.06. The van der Waals surface area contributed by atoms with Crippen LogP contribution in [-0.4, -0.2) is 6.04 Å². The summed E-state index contributed by atoms with van der Waals surface area (Å²) in [5, 5.41) is 3.54. The Labute approximate surface area is 133 Å². The topological polar surface area (TPSA) is 12.0 Å². The first-order chi connectivity index (χ1) is 10.1. The van der Waals surface area contributed by atoms with Gasteiger partial charge in [0.2, 0.25) is 0 Å². The molecule has 2 aromatic carbocycles. The molecule has 1 nitrogen and oxygen atoms in total. The van der Waals surface area contributed by atoms with Crippen molar-refractivity contribution < 1.29 is 4.39 Å². The van der Waals surface area contributed by atoms with Crippen LogP contribution in [0.1, 0.15) is 42.9 Å². The Balaban J connectivity index is 1.58. The number of halogens is 2. The number of rotatable bonds is 4. The highest BCUT2D eigenvalue weighted by molar-refractivity contribution is 9.10. The third kappa shape index (κ3) is 3.19.